The van der Waals surface area contributed by atoms with Crippen LogP contribution in [0.5, 0.6) is 0 Å². The first-order chi connectivity index (χ1) is 10.0. The van der Waals surface area contributed by atoms with Gasteiger partial charge in [0.05, 0.1) is 0 Å². The molecule has 1 aromatic carbocycles. The van der Waals surface area contributed by atoms with E-state index in [1.807, 2.05) is 30.3 Å². The molecule has 1 aliphatic carbocycles. The molecule has 5 heteroatoms. The first-order valence-electron chi connectivity index (χ1n) is 7.46. The lowest BCUT2D eigenvalue weighted by Gasteiger charge is -2.36. The van der Waals surface area contributed by atoms with E-state index in [2.05, 4.69) is 0 Å². The Kier molecular flexibility index (Phi) is 5.56. The van der Waals surface area contributed by atoms with Crippen molar-refractivity contribution >= 4 is 16.1 Å². The zero-order valence-corrected chi connectivity index (χ0v) is 13.3. The van der Waals surface area contributed by atoms with Gasteiger partial charge in [0.15, 0.2) is 0 Å². The third-order valence-electron chi connectivity index (χ3n) is 4.27. The predicted octanol–water partition coefficient (Wildman–Crippen LogP) is 2.44. The van der Waals surface area contributed by atoms with Crippen molar-refractivity contribution in [1.82, 2.24) is 4.31 Å². The van der Waals surface area contributed by atoms with Crippen molar-refractivity contribution in [2.24, 2.45) is 11.7 Å². The van der Waals surface area contributed by atoms with Crippen LogP contribution in [0, 0.1) is 5.92 Å². The Morgan fingerprint density at radius 1 is 1.24 bits per heavy atom. The number of sulfonamides is 1. The van der Waals surface area contributed by atoms with Gasteiger partial charge in [-0.1, -0.05) is 43.2 Å². The number of hydrogen-bond acceptors (Lipinski definition) is 3. The van der Waals surface area contributed by atoms with Crippen LogP contribution in [0.25, 0.3) is 6.08 Å². The van der Waals surface area contributed by atoms with Crippen LogP contribution in [0.2, 0.25) is 0 Å². The Bertz CT molecular complexity index is 569. The van der Waals surface area contributed by atoms with Gasteiger partial charge in [-0.3, -0.25) is 0 Å². The molecule has 1 fully saturated rings. The van der Waals surface area contributed by atoms with Gasteiger partial charge >= 0.3 is 0 Å². The third-order valence-corrected chi connectivity index (χ3v) is 5.83. The molecule has 4 nitrogen and oxygen atoms in total. The molecule has 1 aliphatic rings. The first kappa shape index (κ1) is 16.2. The van der Waals surface area contributed by atoms with Crippen LogP contribution in [0.3, 0.4) is 0 Å². The Morgan fingerprint density at radius 2 is 1.90 bits per heavy atom. The molecule has 2 unspecified atom stereocenters. The fourth-order valence-corrected chi connectivity index (χ4v) is 4.13. The molecule has 1 saturated carbocycles. The minimum absolute atomic E-state index is 0.0224. The zero-order valence-electron chi connectivity index (χ0n) is 12.5. The summed E-state index contributed by atoms with van der Waals surface area (Å²) in [6.07, 6.45) is 5.78. The van der Waals surface area contributed by atoms with Crippen LogP contribution in [0.15, 0.2) is 35.7 Å². The number of rotatable bonds is 5. The SMILES string of the molecule is CN(C1CCCCC1CN)S(=O)(=O)C=Cc1ccccc1. The van der Waals surface area contributed by atoms with Gasteiger partial charge in [0.25, 0.3) is 0 Å². The summed E-state index contributed by atoms with van der Waals surface area (Å²) >= 11 is 0. The van der Waals surface area contributed by atoms with Gasteiger partial charge in [-0.15, -0.1) is 0 Å². The smallest absolute Gasteiger partial charge is 0.236 e. The van der Waals surface area contributed by atoms with E-state index in [9.17, 15) is 8.42 Å². The second kappa shape index (κ2) is 7.20. The molecule has 0 heterocycles. The highest BCUT2D eigenvalue weighted by molar-refractivity contribution is 7.92. The summed E-state index contributed by atoms with van der Waals surface area (Å²) in [5, 5.41) is 1.30. The van der Waals surface area contributed by atoms with Gasteiger partial charge < -0.3 is 5.73 Å². The van der Waals surface area contributed by atoms with Gasteiger partial charge in [0.1, 0.15) is 0 Å². The quantitative estimate of drug-likeness (QED) is 0.908. The van der Waals surface area contributed by atoms with Crippen molar-refractivity contribution in [1.29, 1.82) is 0 Å². The molecule has 2 rings (SSSR count). The summed E-state index contributed by atoms with van der Waals surface area (Å²) in [4.78, 5) is 0. The van der Waals surface area contributed by atoms with Crippen molar-refractivity contribution in [3.63, 3.8) is 0 Å². The highest BCUT2D eigenvalue weighted by atomic mass is 32.2. The molecule has 0 radical (unpaired) electrons. The number of benzene rings is 1. The average Bonchev–Trinajstić information content (AvgIpc) is 2.53. The van der Waals surface area contributed by atoms with Crippen LogP contribution in [-0.2, 0) is 10.0 Å². The van der Waals surface area contributed by atoms with E-state index >= 15 is 0 Å². The second-order valence-electron chi connectivity index (χ2n) is 5.62. The molecular weight excluding hydrogens is 284 g/mol. The molecule has 0 bridgehead atoms. The molecular formula is C16H24N2O2S. The Hall–Kier alpha value is -1.17. The maximum atomic E-state index is 12.5. The molecule has 0 aromatic heterocycles. The van der Waals surface area contributed by atoms with Gasteiger partial charge in [-0.25, -0.2) is 8.42 Å². The van der Waals surface area contributed by atoms with E-state index in [0.717, 1.165) is 31.2 Å². The largest absolute Gasteiger partial charge is 0.330 e. The van der Waals surface area contributed by atoms with Gasteiger partial charge in [-0.2, -0.15) is 4.31 Å². The maximum Gasteiger partial charge on any atom is 0.236 e. The third kappa shape index (κ3) is 4.15. The highest BCUT2D eigenvalue weighted by Gasteiger charge is 2.32. The predicted molar refractivity (Wildman–Crippen MR) is 87.0 cm³/mol. The van der Waals surface area contributed by atoms with E-state index in [4.69, 9.17) is 5.73 Å². The van der Waals surface area contributed by atoms with Crippen LogP contribution in [-0.4, -0.2) is 32.4 Å². The average molecular weight is 308 g/mol. The van der Waals surface area contributed by atoms with Crippen LogP contribution >= 0.6 is 0 Å². The second-order valence-corrected chi connectivity index (χ2v) is 7.50. The van der Waals surface area contributed by atoms with Crippen LogP contribution in [0.4, 0.5) is 0 Å². The summed E-state index contributed by atoms with van der Waals surface area (Å²) in [6.45, 7) is 0.549. The molecule has 2 atom stereocenters. The maximum absolute atomic E-state index is 12.5. The molecule has 21 heavy (non-hydrogen) atoms. The van der Waals surface area contributed by atoms with Crippen molar-refractivity contribution in [2.45, 2.75) is 31.7 Å². The van der Waals surface area contributed by atoms with Crippen molar-refractivity contribution in [2.75, 3.05) is 13.6 Å². The van der Waals surface area contributed by atoms with Crippen molar-refractivity contribution in [3.05, 3.63) is 41.3 Å². The van der Waals surface area contributed by atoms with E-state index < -0.39 is 10.0 Å². The number of nitrogens with zero attached hydrogens (tertiary/aromatic N) is 1. The lowest BCUT2D eigenvalue weighted by Crippen LogP contribution is -2.45. The first-order valence-corrected chi connectivity index (χ1v) is 8.96. The van der Waals surface area contributed by atoms with E-state index in [-0.39, 0.29) is 12.0 Å². The summed E-state index contributed by atoms with van der Waals surface area (Å²) in [6, 6.07) is 9.48. The fraction of sp³-hybridized carbons (Fsp3) is 0.500. The molecule has 0 amide bonds. The van der Waals surface area contributed by atoms with Gasteiger partial charge in [-0.05, 0) is 36.9 Å². The number of hydrogen-bond donors (Lipinski definition) is 1. The Labute approximate surface area is 127 Å². The lowest BCUT2D eigenvalue weighted by atomic mass is 9.85. The minimum atomic E-state index is -3.40. The summed E-state index contributed by atoms with van der Waals surface area (Å²) in [5.74, 6) is 0.267. The van der Waals surface area contributed by atoms with E-state index in [0.29, 0.717) is 6.54 Å². The van der Waals surface area contributed by atoms with Gasteiger partial charge in [0, 0.05) is 18.5 Å². The van der Waals surface area contributed by atoms with Crippen LogP contribution in [0.1, 0.15) is 31.2 Å². The Balaban J connectivity index is 2.12. The molecule has 1 aromatic rings. The van der Waals surface area contributed by atoms with Crippen LogP contribution < -0.4 is 5.73 Å². The van der Waals surface area contributed by atoms with E-state index in [1.165, 1.54) is 9.71 Å². The highest BCUT2D eigenvalue weighted by Crippen LogP contribution is 2.29. The topological polar surface area (TPSA) is 63.4 Å². The standard InChI is InChI=1S/C16H24N2O2S/c1-18(16-10-6-5-9-15(16)13-17)21(19,20)12-11-14-7-3-2-4-8-14/h2-4,7-8,11-12,15-16H,5-6,9-10,13,17H2,1H3. The summed E-state index contributed by atoms with van der Waals surface area (Å²) in [7, 11) is -1.73. The number of nitrogens with two attached hydrogens (primary N) is 1. The normalized spacial score (nSPS) is 23.8. The summed E-state index contributed by atoms with van der Waals surface area (Å²) < 4.78 is 26.4. The molecule has 2 N–H and O–H groups in total. The lowest BCUT2D eigenvalue weighted by molar-refractivity contribution is 0.206. The minimum Gasteiger partial charge on any atom is -0.330 e. The molecule has 0 aliphatic heterocycles. The fourth-order valence-electron chi connectivity index (χ4n) is 2.96. The zero-order chi connectivity index (χ0) is 15.3. The van der Waals surface area contributed by atoms with Crippen molar-refractivity contribution in [3.8, 4) is 0 Å². The molecule has 0 spiro atoms. The molecule has 116 valence electrons. The van der Waals surface area contributed by atoms with E-state index in [1.54, 1.807) is 13.1 Å². The van der Waals surface area contributed by atoms with Gasteiger partial charge in [0.2, 0.25) is 10.0 Å². The summed E-state index contributed by atoms with van der Waals surface area (Å²) in [5.41, 5.74) is 6.68. The molecule has 0 saturated heterocycles. The monoisotopic (exact) mass is 308 g/mol. The Morgan fingerprint density at radius 3 is 2.57 bits per heavy atom. The van der Waals surface area contributed by atoms with Crippen molar-refractivity contribution < 1.29 is 8.42 Å².